The van der Waals surface area contributed by atoms with Gasteiger partial charge in [-0.3, -0.25) is 9.59 Å². The van der Waals surface area contributed by atoms with Crippen LogP contribution in [0, 0.1) is 5.92 Å². The van der Waals surface area contributed by atoms with E-state index in [0.29, 0.717) is 11.3 Å². The number of Topliss-reactive ketones (excluding diaryl/α,β-unsaturated/α-hetero) is 1. The Kier molecular flexibility index (Phi) is 5.45. The number of aliphatic hydroxyl groups is 2. The quantitative estimate of drug-likeness (QED) is 0.630. The zero-order valence-electron chi connectivity index (χ0n) is 19.6. The molecule has 2 aromatic rings. The normalized spacial score (nSPS) is 31.3. The number of hydrogen-bond donors (Lipinski definition) is 2. The second-order valence-electron chi connectivity index (χ2n) is 8.90. The number of rotatable bonds is 5. The van der Waals surface area contributed by atoms with Crippen molar-refractivity contribution in [2.45, 2.75) is 29.6 Å². The highest BCUT2D eigenvalue weighted by Gasteiger charge is 2.75. The number of methoxy groups -OCH3 is 3. The van der Waals surface area contributed by atoms with Gasteiger partial charge in [-0.15, -0.1) is 0 Å². The van der Waals surface area contributed by atoms with E-state index in [1.807, 2.05) is 30.3 Å². The van der Waals surface area contributed by atoms with E-state index in [1.165, 1.54) is 20.3 Å². The number of aliphatic hydroxyl groups excluding tert-OH is 1. The first-order valence-electron chi connectivity index (χ1n) is 11.2. The molecule has 0 radical (unpaired) electrons. The summed E-state index contributed by atoms with van der Waals surface area (Å²) < 4.78 is 22.5. The smallest absolute Gasteiger partial charge is 0.309 e. The average molecular weight is 478 g/mol. The van der Waals surface area contributed by atoms with Crippen LogP contribution in [0.5, 0.6) is 5.75 Å². The summed E-state index contributed by atoms with van der Waals surface area (Å²) in [6.07, 6.45) is -0.295. The third kappa shape index (κ3) is 3.06. The molecule has 2 aliphatic carbocycles. The average Bonchev–Trinajstić information content (AvgIpc) is 3.29. The second kappa shape index (κ2) is 8.25. The highest BCUT2D eigenvalue weighted by molar-refractivity contribution is 6.01. The van der Waals surface area contributed by atoms with Crippen molar-refractivity contribution in [3.63, 3.8) is 0 Å². The molecule has 2 aromatic carbocycles. The Morgan fingerprint density at radius 3 is 2.31 bits per heavy atom. The number of esters is 1. The molecule has 0 bridgehead atoms. The Hall–Kier alpha value is -3.62. The van der Waals surface area contributed by atoms with Crippen LogP contribution in [0.1, 0.15) is 23.5 Å². The van der Waals surface area contributed by atoms with Gasteiger partial charge < -0.3 is 29.2 Å². The van der Waals surface area contributed by atoms with Gasteiger partial charge in [-0.1, -0.05) is 42.5 Å². The van der Waals surface area contributed by atoms with Gasteiger partial charge in [0.1, 0.15) is 23.2 Å². The summed E-state index contributed by atoms with van der Waals surface area (Å²) in [5.74, 6) is -2.13. The molecule has 0 amide bonds. The summed E-state index contributed by atoms with van der Waals surface area (Å²) in [5.41, 5.74) is -1.94. The van der Waals surface area contributed by atoms with Crippen molar-refractivity contribution in [1.29, 1.82) is 0 Å². The minimum atomic E-state index is -1.85. The van der Waals surface area contributed by atoms with Gasteiger partial charge in [0.15, 0.2) is 11.4 Å². The fourth-order valence-corrected chi connectivity index (χ4v) is 5.90. The SMILES string of the molecule is COC(=O)C1CC2(O)C3=C(OC)C(=O)C(O)C=C3OC2(c2ccc(OC)cc2)C1c1ccccc1. The highest BCUT2D eigenvalue weighted by atomic mass is 16.5. The number of ether oxygens (including phenoxy) is 4. The number of carbonyl (C=O) groups is 2. The molecule has 1 saturated carbocycles. The number of hydrogen-bond acceptors (Lipinski definition) is 8. The van der Waals surface area contributed by atoms with E-state index in [4.69, 9.17) is 18.9 Å². The number of fused-ring (bicyclic) bond motifs is 3. The lowest BCUT2D eigenvalue weighted by atomic mass is 9.70. The first-order chi connectivity index (χ1) is 16.8. The Morgan fingerprint density at radius 2 is 1.71 bits per heavy atom. The maximum atomic E-state index is 13.1. The highest BCUT2D eigenvalue weighted by Crippen LogP contribution is 2.69. The number of benzene rings is 2. The van der Waals surface area contributed by atoms with Gasteiger partial charge in [0.25, 0.3) is 0 Å². The summed E-state index contributed by atoms with van der Waals surface area (Å²) in [6.45, 7) is 0. The molecule has 1 heterocycles. The molecule has 8 heteroatoms. The Labute approximate surface area is 202 Å². The molecule has 2 fully saturated rings. The zero-order valence-corrected chi connectivity index (χ0v) is 19.6. The molecular weight excluding hydrogens is 452 g/mol. The van der Waals surface area contributed by atoms with Crippen LogP contribution in [-0.2, 0) is 29.4 Å². The van der Waals surface area contributed by atoms with Crippen LogP contribution < -0.4 is 4.74 Å². The first-order valence-corrected chi connectivity index (χ1v) is 11.2. The van der Waals surface area contributed by atoms with Crippen molar-refractivity contribution >= 4 is 11.8 Å². The van der Waals surface area contributed by atoms with Gasteiger partial charge in [0.05, 0.1) is 32.8 Å². The van der Waals surface area contributed by atoms with E-state index in [1.54, 1.807) is 31.4 Å². The monoisotopic (exact) mass is 478 g/mol. The van der Waals surface area contributed by atoms with Crippen LogP contribution in [0.3, 0.4) is 0 Å². The van der Waals surface area contributed by atoms with E-state index >= 15 is 0 Å². The minimum Gasteiger partial charge on any atom is -0.497 e. The summed E-state index contributed by atoms with van der Waals surface area (Å²) >= 11 is 0. The lowest BCUT2D eigenvalue weighted by Crippen LogP contribution is -2.48. The van der Waals surface area contributed by atoms with E-state index in [2.05, 4.69) is 0 Å². The zero-order chi connectivity index (χ0) is 25.0. The van der Waals surface area contributed by atoms with Crippen LogP contribution in [-0.4, -0.2) is 55.0 Å². The van der Waals surface area contributed by atoms with Crippen LogP contribution in [0.15, 0.2) is 77.8 Å². The molecule has 5 unspecified atom stereocenters. The number of carbonyl (C=O) groups excluding carboxylic acids is 2. The Balaban J connectivity index is 1.85. The van der Waals surface area contributed by atoms with E-state index in [9.17, 15) is 19.8 Å². The topological polar surface area (TPSA) is 112 Å². The first kappa shape index (κ1) is 23.1. The van der Waals surface area contributed by atoms with Crippen molar-refractivity contribution < 1.29 is 38.7 Å². The van der Waals surface area contributed by atoms with Crippen LogP contribution in [0.2, 0.25) is 0 Å². The molecule has 0 aromatic heterocycles. The third-order valence-corrected chi connectivity index (χ3v) is 7.32. The molecule has 0 spiro atoms. The van der Waals surface area contributed by atoms with Gasteiger partial charge in [0.2, 0.25) is 5.78 Å². The van der Waals surface area contributed by atoms with Crippen molar-refractivity contribution in [2.24, 2.45) is 5.92 Å². The van der Waals surface area contributed by atoms with Crippen LogP contribution in [0.4, 0.5) is 0 Å². The molecule has 1 saturated heterocycles. The second-order valence-corrected chi connectivity index (χ2v) is 8.90. The van der Waals surface area contributed by atoms with Gasteiger partial charge in [0, 0.05) is 5.92 Å². The molecule has 35 heavy (non-hydrogen) atoms. The molecule has 5 atom stereocenters. The third-order valence-electron chi connectivity index (χ3n) is 7.32. The van der Waals surface area contributed by atoms with Crippen molar-refractivity contribution in [1.82, 2.24) is 0 Å². The Morgan fingerprint density at radius 1 is 1.03 bits per heavy atom. The maximum absolute atomic E-state index is 13.1. The van der Waals surface area contributed by atoms with E-state index < -0.39 is 40.9 Å². The fourth-order valence-electron chi connectivity index (χ4n) is 5.90. The standard InChI is InChI=1S/C27H26O8/c1-32-17-11-9-16(10-12-17)27-21(15-7-5-4-6-8-15)18(25(30)34-3)14-26(27,31)22-20(35-27)13-19(28)23(29)24(22)33-2/h4-13,18-19,21,28,31H,14H2,1-3H3. The maximum Gasteiger partial charge on any atom is 0.309 e. The number of ketones is 1. The van der Waals surface area contributed by atoms with Crippen LogP contribution in [0.25, 0.3) is 0 Å². The predicted molar refractivity (Wildman–Crippen MR) is 123 cm³/mol. The predicted octanol–water partition coefficient (Wildman–Crippen LogP) is 2.36. The van der Waals surface area contributed by atoms with Crippen molar-refractivity contribution in [2.75, 3.05) is 21.3 Å². The van der Waals surface area contributed by atoms with Gasteiger partial charge >= 0.3 is 5.97 Å². The fraction of sp³-hybridized carbons (Fsp3) is 0.333. The van der Waals surface area contributed by atoms with Gasteiger partial charge in [-0.25, -0.2) is 0 Å². The largest absolute Gasteiger partial charge is 0.497 e. The van der Waals surface area contributed by atoms with Gasteiger partial charge in [-0.2, -0.15) is 0 Å². The van der Waals surface area contributed by atoms with Crippen molar-refractivity contribution in [3.05, 3.63) is 88.9 Å². The van der Waals surface area contributed by atoms with E-state index in [0.717, 1.165) is 5.56 Å². The minimum absolute atomic E-state index is 0.0891. The van der Waals surface area contributed by atoms with Crippen molar-refractivity contribution in [3.8, 4) is 5.75 Å². The molecule has 5 rings (SSSR count). The molecule has 8 nitrogen and oxygen atoms in total. The molecule has 3 aliphatic rings. The van der Waals surface area contributed by atoms with E-state index in [-0.39, 0.29) is 23.5 Å². The lowest BCUT2D eigenvalue weighted by molar-refractivity contribution is -0.147. The molecule has 182 valence electrons. The Bertz CT molecular complexity index is 1230. The molecular formula is C27H26O8. The summed E-state index contributed by atoms with van der Waals surface area (Å²) in [7, 11) is 4.15. The lowest BCUT2D eigenvalue weighted by Gasteiger charge is -2.40. The molecule has 2 N–H and O–H groups in total. The van der Waals surface area contributed by atoms with Gasteiger partial charge in [-0.05, 0) is 35.8 Å². The summed E-state index contributed by atoms with van der Waals surface area (Å²) in [6, 6.07) is 16.3. The molecule has 1 aliphatic heterocycles. The summed E-state index contributed by atoms with van der Waals surface area (Å²) in [4.78, 5) is 25.9. The van der Waals surface area contributed by atoms with Crippen LogP contribution >= 0.6 is 0 Å². The summed E-state index contributed by atoms with van der Waals surface area (Å²) in [5, 5.41) is 22.9.